The predicted molar refractivity (Wildman–Crippen MR) is 80.1 cm³/mol. The third-order valence-corrected chi connectivity index (χ3v) is 4.37. The van der Waals surface area contributed by atoms with Crippen LogP contribution in [0.2, 0.25) is 0 Å². The minimum absolute atomic E-state index is 0.0696. The van der Waals surface area contributed by atoms with Gasteiger partial charge in [0.25, 0.3) is 0 Å². The maximum absolute atomic E-state index is 12.2. The number of carbonyl (C=O) groups excluding carboxylic acids is 1. The Morgan fingerprint density at radius 2 is 2.10 bits per heavy atom. The summed E-state index contributed by atoms with van der Waals surface area (Å²) in [5.74, 6) is -0.511. The van der Waals surface area contributed by atoms with Gasteiger partial charge in [0.1, 0.15) is 0 Å². The molecule has 5 nitrogen and oxygen atoms in total. The standard InChI is InChI=1S/C14H17BrN2O3/c1-8(9-6-7-9)17(2)14(20)16-12-10(13(18)19)4-3-5-11(12)15/h3-5,8-9H,6-7H2,1-2H3,(H,16,20)(H,18,19). The summed E-state index contributed by atoms with van der Waals surface area (Å²) in [7, 11) is 1.73. The molecule has 0 heterocycles. The Balaban J connectivity index is 2.16. The Bertz CT molecular complexity index is 543. The van der Waals surface area contributed by atoms with Gasteiger partial charge in [-0.05, 0) is 53.7 Å². The Labute approximate surface area is 126 Å². The minimum atomic E-state index is -1.07. The van der Waals surface area contributed by atoms with Gasteiger partial charge in [0, 0.05) is 17.6 Å². The van der Waals surface area contributed by atoms with Crippen molar-refractivity contribution < 1.29 is 14.7 Å². The fraction of sp³-hybridized carbons (Fsp3) is 0.429. The van der Waals surface area contributed by atoms with Crippen molar-refractivity contribution in [3.63, 3.8) is 0 Å². The summed E-state index contributed by atoms with van der Waals surface area (Å²) in [5, 5.41) is 11.8. The van der Waals surface area contributed by atoms with Crippen LogP contribution in [0.15, 0.2) is 22.7 Å². The van der Waals surface area contributed by atoms with Gasteiger partial charge in [-0.25, -0.2) is 9.59 Å². The van der Waals surface area contributed by atoms with Crippen LogP contribution in [0.5, 0.6) is 0 Å². The number of rotatable bonds is 4. The molecule has 1 saturated carbocycles. The summed E-state index contributed by atoms with van der Waals surface area (Å²) in [6.45, 7) is 2.01. The molecule has 0 spiro atoms. The van der Waals surface area contributed by atoms with Gasteiger partial charge in [0.15, 0.2) is 0 Å². The first-order chi connectivity index (χ1) is 9.41. The zero-order chi connectivity index (χ0) is 14.9. The zero-order valence-corrected chi connectivity index (χ0v) is 13.0. The van der Waals surface area contributed by atoms with E-state index in [1.165, 1.54) is 6.07 Å². The van der Waals surface area contributed by atoms with Gasteiger partial charge in [-0.15, -0.1) is 0 Å². The Kier molecular flexibility index (Phi) is 4.32. The third kappa shape index (κ3) is 3.12. The fourth-order valence-corrected chi connectivity index (χ4v) is 2.57. The molecule has 1 aromatic rings. The molecule has 0 bridgehead atoms. The molecule has 2 N–H and O–H groups in total. The lowest BCUT2D eigenvalue weighted by Gasteiger charge is -2.25. The molecule has 0 aliphatic heterocycles. The number of urea groups is 1. The van der Waals surface area contributed by atoms with E-state index in [2.05, 4.69) is 21.2 Å². The van der Waals surface area contributed by atoms with Crippen LogP contribution >= 0.6 is 15.9 Å². The van der Waals surface area contributed by atoms with E-state index in [0.29, 0.717) is 16.1 Å². The summed E-state index contributed by atoms with van der Waals surface area (Å²) >= 11 is 3.27. The SMILES string of the molecule is CC(C1CC1)N(C)C(=O)Nc1c(Br)cccc1C(=O)O. The van der Waals surface area contributed by atoms with E-state index in [9.17, 15) is 9.59 Å². The normalized spacial score (nSPS) is 15.6. The highest BCUT2D eigenvalue weighted by Crippen LogP contribution is 2.35. The number of aromatic carboxylic acids is 1. The Hall–Kier alpha value is -1.56. The number of para-hydroxylation sites is 1. The van der Waals surface area contributed by atoms with E-state index in [1.54, 1.807) is 24.1 Å². The van der Waals surface area contributed by atoms with Crippen molar-refractivity contribution in [3.8, 4) is 0 Å². The summed E-state index contributed by atoms with van der Waals surface area (Å²) in [5.41, 5.74) is 0.361. The minimum Gasteiger partial charge on any atom is -0.478 e. The van der Waals surface area contributed by atoms with E-state index in [1.807, 2.05) is 6.92 Å². The first-order valence-electron chi connectivity index (χ1n) is 6.47. The monoisotopic (exact) mass is 340 g/mol. The highest BCUT2D eigenvalue weighted by atomic mass is 79.9. The van der Waals surface area contributed by atoms with Crippen LogP contribution in [-0.4, -0.2) is 35.1 Å². The fourth-order valence-electron chi connectivity index (χ4n) is 2.10. The molecular weight excluding hydrogens is 324 g/mol. The molecule has 0 radical (unpaired) electrons. The maximum atomic E-state index is 12.2. The van der Waals surface area contributed by atoms with Crippen LogP contribution in [0.4, 0.5) is 10.5 Å². The van der Waals surface area contributed by atoms with E-state index in [4.69, 9.17) is 5.11 Å². The molecule has 1 atom stereocenters. The van der Waals surface area contributed by atoms with Crippen molar-refractivity contribution >= 4 is 33.6 Å². The van der Waals surface area contributed by atoms with E-state index in [0.717, 1.165) is 12.8 Å². The summed E-state index contributed by atoms with van der Waals surface area (Å²) in [6.07, 6.45) is 2.29. The Morgan fingerprint density at radius 3 is 2.65 bits per heavy atom. The molecule has 2 rings (SSSR count). The molecular formula is C14H17BrN2O3. The summed E-state index contributed by atoms with van der Waals surface area (Å²) in [4.78, 5) is 25.0. The lowest BCUT2D eigenvalue weighted by Crippen LogP contribution is -2.39. The quantitative estimate of drug-likeness (QED) is 0.882. The number of benzene rings is 1. The Morgan fingerprint density at radius 1 is 1.45 bits per heavy atom. The second-order valence-electron chi connectivity index (χ2n) is 5.09. The largest absolute Gasteiger partial charge is 0.478 e. The number of nitrogens with zero attached hydrogens (tertiary/aromatic N) is 1. The van der Waals surface area contributed by atoms with Gasteiger partial charge in [0.2, 0.25) is 0 Å². The molecule has 108 valence electrons. The van der Waals surface area contributed by atoms with E-state index in [-0.39, 0.29) is 17.6 Å². The number of carboxylic acids is 1. The second-order valence-corrected chi connectivity index (χ2v) is 5.94. The predicted octanol–water partition coefficient (Wildman–Crippen LogP) is 3.41. The highest BCUT2D eigenvalue weighted by Gasteiger charge is 2.32. The van der Waals surface area contributed by atoms with Crippen molar-refractivity contribution in [2.75, 3.05) is 12.4 Å². The smallest absolute Gasteiger partial charge is 0.337 e. The summed E-state index contributed by atoms with van der Waals surface area (Å²) in [6, 6.07) is 4.66. The first kappa shape index (κ1) is 14.8. The van der Waals surface area contributed by atoms with Crippen LogP contribution in [0.3, 0.4) is 0 Å². The average Bonchev–Trinajstić information content (AvgIpc) is 3.23. The topological polar surface area (TPSA) is 69.6 Å². The zero-order valence-electron chi connectivity index (χ0n) is 11.4. The third-order valence-electron chi connectivity index (χ3n) is 3.71. The van der Waals surface area contributed by atoms with Crippen molar-refractivity contribution in [2.24, 2.45) is 5.92 Å². The van der Waals surface area contributed by atoms with Crippen LogP contribution in [-0.2, 0) is 0 Å². The number of hydrogen-bond acceptors (Lipinski definition) is 2. The van der Waals surface area contributed by atoms with Gasteiger partial charge in [0.05, 0.1) is 11.3 Å². The molecule has 1 aliphatic rings. The van der Waals surface area contributed by atoms with Crippen molar-refractivity contribution in [2.45, 2.75) is 25.8 Å². The van der Waals surface area contributed by atoms with Crippen molar-refractivity contribution in [1.29, 1.82) is 0 Å². The molecule has 1 aromatic carbocycles. The second kappa shape index (κ2) is 5.83. The number of halogens is 1. The van der Waals surface area contributed by atoms with Gasteiger partial charge in [-0.3, -0.25) is 0 Å². The number of carboxylic acid groups (broad SMARTS) is 1. The van der Waals surface area contributed by atoms with Gasteiger partial charge < -0.3 is 15.3 Å². The molecule has 1 fully saturated rings. The van der Waals surface area contributed by atoms with E-state index >= 15 is 0 Å². The average molecular weight is 341 g/mol. The number of hydrogen-bond donors (Lipinski definition) is 2. The lowest BCUT2D eigenvalue weighted by molar-refractivity contribution is 0.0698. The van der Waals surface area contributed by atoms with Crippen LogP contribution < -0.4 is 5.32 Å². The molecule has 6 heteroatoms. The maximum Gasteiger partial charge on any atom is 0.337 e. The first-order valence-corrected chi connectivity index (χ1v) is 7.26. The number of carbonyl (C=O) groups is 2. The van der Waals surface area contributed by atoms with Crippen LogP contribution in [0.1, 0.15) is 30.1 Å². The van der Waals surface area contributed by atoms with Crippen LogP contribution in [0.25, 0.3) is 0 Å². The summed E-state index contributed by atoms with van der Waals surface area (Å²) < 4.78 is 0.554. The molecule has 1 aliphatic carbocycles. The molecule has 0 saturated heterocycles. The van der Waals surface area contributed by atoms with Gasteiger partial charge >= 0.3 is 12.0 Å². The number of anilines is 1. The molecule has 20 heavy (non-hydrogen) atoms. The number of nitrogens with one attached hydrogen (secondary N) is 1. The van der Waals surface area contributed by atoms with Gasteiger partial charge in [-0.2, -0.15) is 0 Å². The molecule has 2 amide bonds. The van der Waals surface area contributed by atoms with Crippen molar-refractivity contribution in [3.05, 3.63) is 28.2 Å². The lowest BCUT2D eigenvalue weighted by atomic mass is 10.1. The van der Waals surface area contributed by atoms with Crippen LogP contribution in [0, 0.1) is 5.92 Å². The van der Waals surface area contributed by atoms with Crippen molar-refractivity contribution in [1.82, 2.24) is 4.90 Å². The highest BCUT2D eigenvalue weighted by molar-refractivity contribution is 9.10. The van der Waals surface area contributed by atoms with Gasteiger partial charge in [-0.1, -0.05) is 6.07 Å². The number of amides is 2. The molecule has 1 unspecified atom stereocenters. The molecule has 0 aromatic heterocycles. The van der Waals surface area contributed by atoms with E-state index < -0.39 is 5.97 Å².